The van der Waals surface area contributed by atoms with Crippen LogP contribution in [0.4, 0.5) is 19.1 Å². The summed E-state index contributed by atoms with van der Waals surface area (Å²) in [6.07, 6.45) is 0.287. The number of carbonyl (C=O) groups is 6. The van der Waals surface area contributed by atoms with Gasteiger partial charge in [0.2, 0.25) is 5.91 Å². The Balaban J connectivity index is 1.21. The van der Waals surface area contributed by atoms with Gasteiger partial charge in [-0.2, -0.15) is 0 Å². The summed E-state index contributed by atoms with van der Waals surface area (Å²) in [5.41, 5.74) is -0.968. The zero-order valence-electron chi connectivity index (χ0n) is 37.2. The molecular formula is C44H54BFN6O11S. The first kappa shape index (κ1) is 46.4. The van der Waals surface area contributed by atoms with Gasteiger partial charge in [-0.25, -0.2) is 23.8 Å². The van der Waals surface area contributed by atoms with Crippen LogP contribution in [0.5, 0.6) is 5.75 Å². The van der Waals surface area contributed by atoms with Crippen LogP contribution in [0.25, 0.3) is 0 Å². The molecule has 1 aromatic heterocycles. The molecule has 3 N–H and O–H groups in total. The zero-order chi connectivity index (χ0) is 46.3. The maximum atomic E-state index is 15.5. The van der Waals surface area contributed by atoms with Gasteiger partial charge in [0.1, 0.15) is 29.3 Å². The molecule has 2 aromatic carbocycles. The van der Waals surface area contributed by atoms with Crippen molar-refractivity contribution in [3.63, 3.8) is 0 Å². The lowest BCUT2D eigenvalue weighted by Crippen LogP contribution is -2.65. The van der Waals surface area contributed by atoms with E-state index in [2.05, 4.69) is 34.8 Å². The summed E-state index contributed by atoms with van der Waals surface area (Å²) in [4.78, 5) is 87.3. The summed E-state index contributed by atoms with van der Waals surface area (Å²) in [5.74, 6) is -4.98. The number of hydrogen-bond donors (Lipinski definition) is 3. The molecule has 3 aromatic rings. The lowest BCUT2D eigenvalue weighted by atomic mass is 9.43. The number of ether oxygens (including phenoxy) is 3. The van der Waals surface area contributed by atoms with Crippen molar-refractivity contribution in [2.75, 3.05) is 32.1 Å². The van der Waals surface area contributed by atoms with E-state index in [1.165, 1.54) is 23.5 Å². The number of rotatable bonds is 13. The Morgan fingerprint density at radius 1 is 1.05 bits per heavy atom. The molecule has 3 heterocycles. The van der Waals surface area contributed by atoms with Crippen LogP contribution >= 0.6 is 11.3 Å². The van der Waals surface area contributed by atoms with Gasteiger partial charge in [0.15, 0.2) is 11.2 Å². The molecule has 0 radical (unpaired) electrons. The highest BCUT2D eigenvalue weighted by atomic mass is 32.1. The van der Waals surface area contributed by atoms with Gasteiger partial charge in [0.25, 0.3) is 0 Å². The number of piperazine rings is 1. The van der Waals surface area contributed by atoms with Crippen molar-refractivity contribution in [1.82, 2.24) is 25.4 Å². The minimum absolute atomic E-state index is 0.00790. The molecule has 6 atom stereocenters. The lowest BCUT2D eigenvalue weighted by molar-refractivity contribution is -0.199. The summed E-state index contributed by atoms with van der Waals surface area (Å²) in [6, 6.07) is 8.54. The first-order valence-electron chi connectivity index (χ1n) is 21.3. The number of anilines is 1. The number of benzene rings is 2. The number of urea groups is 1. The number of methoxy groups -OCH3 is 1. The third kappa shape index (κ3) is 9.44. The van der Waals surface area contributed by atoms with E-state index in [1.54, 1.807) is 52.0 Å². The summed E-state index contributed by atoms with van der Waals surface area (Å²) in [5, 5.41) is 9.53. The Hall–Kier alpha value is -5.60. The number of aromatic nitrogens is 1. The van der Waals surface area contributed by atoms with Gasteiger partial charge < -0.3 is 39.1 Å². The van der Waals surface area contributed by atoms with Gasteiger partial charge in [-0.1, -0.05) is 44.2 Å². The minimum Gasteiger partial charge on any atom is -0.496 e. The molecule has 2 saturated heterocycles. The van der Waals surface area contributed by atoms with Gasteiger partial charge in [-0.15, -0.1) is 11.3 Å². The standard InChI is InChI=1S/C44H54BFN6O11S/c1-9-51-15-16-52(37(55)36(51)54)40(57)49-33(29-23-64-39(47-29)50-41(58)60-22-24-13-11-10-12-14-24)35(53)48-32(45-62-31-20-26-19-30(43(26,5)6)44(31,7)63-45)18-25-17-27(46)21-28(34(25)59-8)38(56)61-42(2,3)4/h10-14,17,21,23,26,30-33H,9,15-16,18-20,22H2,1-8H3,(H,48,53)(H,49,57)(H,47,50,58)/t26?,30?,31?,32-,33?,44-/m0/s1. The van der Waals surface area contributed by atoms with E-state index in [0.717, 1.165) is 34.3 Å². The maximum absolute atomic E-state index is 15.5. The predicted molar refractivity (Wildman–Crippen MR) is 231 cm³/mol. The summed E-state index contributed by atoms with van der Waals surface area (Å²) < 4.78 is 45.6. The van der Waals surface area contributed by atoms with Crippen molar-refractivity contribution in [2.24, 2.45) is 17.3 Å². The number of likely N-dealkylation sites (N-methyl/N-ethyl adjacent to an activating group) is 1. The molecule has 17 nitrogen and oxygen atoms in total. The molecule has 4 unspecified atom stereocenters. The van der Waals surface area contributed by atoms with E-state index in [9.17, 15) is 28.8 Å². The Kier molecular flexibility index (Phi) is 13.1. The van der Waals surface area contributed by atoms with Crippen LogP contribution in [0.2, 0.25) is 0 Å². The quantitative estimate of drug-likeness (QED) is 0.112. The first-order valence-corrected chi connectivity index (χ1v) is 22.2. The van der Waals surface area contributed by atoms with Gasteiger partial charge in [-0.05, 0) is 94.4 Å². The van der Waals surface area contributed by atoms with E-state index < -0.39 is 71.9 Å². The second-order valence-electron chi connectivity index (χ2n) is 18.3. The van der Waals surface area contributed by atoms with E-state index in [4.69, 9.17) is 23.5 Å². The minimum atomic E-state index is -1.63. The van der Waals surface area contributed by atoms with Gasteiger partial charge in [0.05, 0.1) is 30.4 Å². The Labute approximate surface area is 375 Å². The molecule has 64 heavy (non-hydrogen) atoms. The summed E-state index contributed by atoms with van der Waals surface area (Å²) >= 11 is 0.944. The Morgan fingerprint density at radius 2 is 1.78 bits per heavy atom. The number of thiazole rings is 1. The number of carbonyl (C=O) groups excluding carboxylic acids is 6. The van der Waals surface area contributed by atoms with Crippen LogP contribution in [0.1, 0.15) is 94.5 Å². The highest BCUT2D eigenvalue weighted by Gasteiger charge is 2.68. The molecular weight excluding hydrogens is 850 g/mol. The Morgan fingerprint density at radius 3 is 2.45 bits per heavy atom. The monoisotopic (exact) mass is 904 g/mol. The number of halogens is 1. The second kappa shape index (κ2) is 18.1. The molecule has 0 spiro atoms. The number of amides is 6. The zero-order valence-corrected chi connectivity index (χ0v) is 38.0. The molecule has 2 bridgehead atoms. The van der Waals surface area contributed by atoms with Crippen molar-refractivity contribution < 1.29 is 56.7 Å². The molecule has 2 aliphatic heterocycles. The average Bonchev–Trinajstić information content (AvgIpc) is 3.85. The number of hydrogen-bond acceptors (Lipinski definition) is 13. The number of nitrogens with zero attached hydrogens (tertiary/aromatic N) is 3. The third-order valence-corrected chi connectivity index (χ3v) is 13.5. The van der Waals surface area contributed by atoms with Gasteiger partial charge in [-0.3, -0.25) is 24.6 Å². The molecule has 342 valence electrons. The summed E-state index contributed by atoms with van der Waals surface area (Å²) in [6.45, 7) is 13.3. The van der Waals surface area contributed by atoms with Crippen molar-refractivity contribution in [1.29, 1.82) is 0 Å². The van der Waals surface area contributed by atoms with Crippen molar-refractivity contribution in [2.45, 2.75) is 104 Å². The van der Waals surface area contributed by atoms with Crippen LogP contribution in [-0.4, -0.2) is 108 Å². The Bertz CT molecular complexity index is 2310. The normalized spacial score (nSPS) is 23.3. The molecule has 5 fully saturated rings. The highest BCUT2D eigenvalue weighted by molar-refractivity contribution is 7.13. The van der Waals surface area contributed by atoms with Crippen LogP contribution in [0, 0.1) is 23.1 Å². The topological polar surface area (TPSA) is 204 Å². The SMILES string of the molecule is CCN1CCN(C(=O)NC(C(=O)N[C@@H](Cc2cc(F)cc(C(=O)OC(C)(C)C)c2OC)B2OC3CC4CC(C4(C)C)[C@]3(C)O2)c2csc(NC(=O)OCc3ccccc3)n2)C(=O)C1=O. The largest absolute Gasteiger partial charge is 0.496 e. The van der Waals surface area contributed by atoms with E-state index in [0.29, 0.717) is 12.3 Å². The van der Waals surface area contributed by atoms with Crippen molar-refractivity contribution in [3.8, 4) is 5.75 Å². The molecule has 3 saturated carbocycles. The average molecular weight is 905 g/mol. The van der Waals surface area contributed by atoms with Crippen LogP contribution in [-0.2, 0) is 46.2 Å². The lowest BCUT2D eigenvalue weighted by Gasteiger charge is -2.64. The second-order valence-corrected chi connectivity index (χ2v) is 19.2. The third-order valence-electron chi connectivity index (χ3n) is 12.7. The highest BCUT2D eigenvalue weighted by Crippen LogP contribution is 2.65. The molecule has 5 aliphatic rings. The number of imide groups is 1. The molecule has 6 amide bonds. The number of nitrogens with one attached hydrogen (secondary N) is 3. The van der Waals surface area contributed by atoms with Crippen LogP contribution in [0.3, 0.4) is 0 Å². The molecule has 8 rings (SSSR count). The summed E-state index contributed by atoms with van der Waals surface area (Å²) in [7, 11) is 0.214. The van der Waals surface area contributed by atoms with Crippen LogP contribution < -0.4 is 20.7 Å². The van der Waals surface area contributed by atoms with Crippen molar-refractivity contribution in [3.05, 3.63) is 76.0 Å². The van der Waals surface area contributed by atoms with E-state index >= 15 is 4.39 Å². The van der Waals surface area contributed by atoms with E-state index in [1.807, 2.05) is 13.0 Å². The smallest absolute Gasteiger partial charge is 0.482 e. The van der Waals surface area contributed by atoms with Gasteiger partial charge in [0, 0.05) is 25.0 Å². The maximum Gasteiger partial charge on any atom is 0.482 e. The fourth-order valence-electron chi connectivity index (χ4n) is 9.28. The number of esters is 1. The fourth-order valence-corrected chi connectivity index (χ4v) is 10.0. The van der Waals surface area contributed by atoms with Gasteiger partial charge >= 0.3 is 37.0 Å². The first-order chi connectivity index (χ1) is 30.2. The fraction of sp³-hybridized carbons (Fsp3) is 0.523. The van der Waals surface area contributed by atoms with E-state index in [-0.39, 0.29) is 77.8 Å². The van der Waals surface area contributed by atoms with Crippen LogP contribution in [0.15, 0.2) is 47.8 Å². The van der Waals surface area contributed by atoms with Crippen molar-refractivity contribution >= 4 is 59.4 Å². The predicted octanol–water partition coefficient (Wildman–Crippen LogP) is 5.43. The molecule has 3 aliphatic carbocycles. The molecule has 20 heteroatoms.